The van der Waals surface area contributed by atoms with Crippen molar-refractivity contribution in [3.63, 3.8) is 0 Å². The van der Waals surface area contributed by atoms with Crippen LogP contribution < -0.4 is 10.6 Å². The Kier molecular flexibility index (Phi) is 5.77. The highest BCUT2D eigenvalue weighted by molar-refractivity contribution is 5.76. The van der Waals surface area contributed by atoms with Crippen molar-refractivity contribution in [3.05, 3.63) is 41.6 Å². The molecular weight excluding hydrogens is 362 g/mol. The summed E-state index contributed by atoms with van der Waals surface area (Å²) in [6.07, 6.45) is 4.79. The van der Waals surface area contributed by atoms with Crippen molar-refractivity contribution < 1.29 is 9.32 Å². The monoisotopic (exact) mass is 395 g/mol. The Labute approximate surface area is 173 Å². The number of piperidine rings is 1. The molecule has 1 saturated heterocycles. The summed E-state index contributed by atoms with van der Waals surface area (Å²) in [5.41, 5.74) is 3.47. The second-order valence-corrected chi connectivity index (χ2v) is 9.77. The quantitative estimate of drug-likeness (QED) is 0.773. The normalized spacial score (nSPS) is 22.4. The molecule has 2 fully saturated rings. The van der Waals surface area contributed by atoms with Gasteiger partial charge in [-0.2, -0.15) is 0 Å². The van der Waals surface area contributed by atoms with Gasteiger partial charge < -0.3 is 15.2 Å². The Morgan fingerprint density at radius 2 is 1.93 bits per heavy atom. The highest BCUT2D eigenvalue weighted by atomic mass is 16.5. The van der Waals surface area contributed by atoms with Crippen LogP contribution in [0.5, 0.6) is 0 Å². The number of aromatic nitrogens is 1. The summed E-state index contributed by atoms with van der Waals surface area (Å²) in [5, 5.41) is 10.9. The molecule has 2 unspecified atom stereocenters. The van der Waals surface area contributed by atoms with Crippen LogP contribution in [0.4, 0.5) is 0 Å². The number of hydrogen-bond donors (Lipinski definition) is 2. The van der Waals surface area contributed by atoms with Gasteiger partial charge in [-0.1, -0.05) is 50.2 Å². The maximum atomic E-state index is 12.3. The minimum absolute atomic E-state index is 0.139. The van der Waals surface area contributed by atoms with E-state index in [1.54, 1.807) is 0 Å². The number of nitrogens with zero attached hydrogens (tertiary/aromatic N) is 1. The molecule has 1 aromatic carbocycles. The molecule has 1 aliphatic heterocycles. The number of carbonyl (C=O) groups is 1. The van der Waals surface area contributed by atoms with E-state index in [0.29, 0.717) is 24.3 Å². The molecule has 29 heavy (non-hydrogen) atoms. The maximum Gasteiger partial charge on any atom is 0.220 e. The molecule has 2 N–H and O–H groups in total. The van der Waals surface area contributed by atoms with Crippen LogP contribution in [0.25, 0.3) is 11.3 Å². The summed E-state index contributed by atoms with van der Waals surface area (Å²) in [4.78, 5) is 12.3. The fourth-order valence-electron chi connectivity index (χ4n) is 4.18. The van der Waals surface area contributed by atoms with Gasteiger partial charge in [-0.3, -0.25) is 4.79 Å². The number of amides is 1. The van der Waals surface area contributed by atoms with E-state index in [1.165, 1.54) is 5.56 Å². The van der Waals surface area contributed by atoms with Crippen LogP contribution in [0.15, 0.2) is 34.9 Å². The summed E-state index contributed by atoms with van der Waals surface area (Å²) in [6.45, 7) is 8.57. The topological polar surface area (TPSA) is 67.2 Å². The van der Waals surface area contributed by atoms with Crippen LogP contribution in [-0.4, -0.2) is 30.2 Å². The van der Waals surface area contributed by atoms with Crippen LogP contribution in [0.3, 0.4) is 0 Å². The summed E-state index contributed by atoms with van der Waals surface area (Å²) in [5.74, 6) is 1.84. The zero-order valence-corrected chi connectivity index (χ0v) is 17.8. The number of rotatable bonds is 6. The predicted octanol–water partition coefficient (Wildman–Crippen LogP) is 4.08. The van der Waals surface area contributed by atoms with Crippen molar-refractivity contribution in [1.82, 2.24) is 15.8 Å². The van der Waals surface area contributed by atoms with Crippen LogP contribution >= 0.6 is 0 Å². The van der Waals surface area contributed by atoms with E-state index < -0.39 is 0 Å². The van der Waals surface area contributed by atoms with E-state index in [1.807, 2.05) is 0 Å². The van der Waals surface area contributed by atoms with Gasteiger partial charge in [0.15, 0.2) is 5.76 Å². The Bertz CT molecular complexity index is 831. The minimum Gasteiger partial charge on any atom is -0.356 e. The fraction of sp³-hybridized carbons (Fsp3) is 0.583. The van der Waals surface area contributed by atoms with Crippen LogP contribution in [0.1, 0.15) is 57.7 Å². The van der Waals surface area contributed by atoms with Gasteiger partial charge in [0.1, 0.15) is 0 Å². The number of nitrogens with one attached hydrogen (secondary N) is 2. The summed E-state index contributed by atoms with van der Waals surface area (Å²) in [6, 6.07) is 11.0. The molecule has 1 amide bonds. The highest BCUT2D eigenvalue weighted by Crippen LogP contribution is 2.30. The first kappa shape index (κ1) is 20.1. The van der Waals surface area contributed by atoms with Crippen molar-refractivity contribution in [2.45, 2.75) is 64.3 Å². The lowest BCUT2D eigenvalue weighted by Gasteiger charge is -2.31. The molecule has 5 nitrogen and oxygen atoms in total. The minimum atomic E-state index is 0.139. The highest BCUT2D eigenvalue weighted by Gasteiger charge is 2.30. The summed E-state index contributed by atoms with van der Waals surface area (Å²) >= 11 is 0. The molecule has 1 aromatic heterocycles. The molecule has 0 bridgehead atoms. The first-order valence-corrected chi connectivity index (χ1v) is 10.9. The van der Waals surface area contributed by atoms with E-state index in [4.69, 9.17) is 4.52 Å². The van der Waals surface area contributed by atoms with E-state index in [0.717, 1.165) is 55.8 Å². The lowest BCUT2D eigenvalue weighted by atomic mass is 9.81. The second-order valence-electron chi connectivity index (χ2n) is 9.77. The fourth-order valence-corrected chi connectivity index (χ4v) is 4.18. The van der Waals surface area contributed by atoms with Gasteiger partial charge >= 0.3 is 0 Å². The van der Waals surface area contributed by atoms with Crippen molar-refractivity contribution in [3.8, 4) is 11.3 Å². The van der Waals surface area contributed by atoms with Crippen LogP contribution in [0, 0.1) is 11.8 Å². The zero-order chi connectivity index (χ0) is 20.4. The summed E-state index contributed by atoms with van der Waals surface area (Å²) in [7, 11) is 0. The third-order valence-electron chi connectivity index (χ3n) is 6.22. The molecular formula is C24H33N3O2. The molecule has 156 valence electrons. The van der Waals surface area contributed by atoms with Gasteiger partial charge in [0.25, 0.3) is 0 Å². The predicted molar refractivity (Wildman–Crippen MR) is 115 cm³/mol. The lowest BCUT2D eigenvalue weighted by molar-refractivity contribution is -0.122. The average Bonchev–Trinajstić information content (AvgIpc) is 3.37. The molecule has 1 saturated carbocycles. The molecule has 2 atom stereocenters. The third kappa shape index (κ3) is 5.27. The Morgan fingerprint density at radius 1 is 1.17 bits per heavy atom. The SMILES string of the molecule is CC(C)(C)c1ccc(-c2cc(CC3CNCCC3CC(=O)NC3CC3)no2)cc1. The van der Waals surface area contributed by atoms with Gasteiger partial charge in [0.05, 0.1) is 5.69 Å². The van der Waals surface area contributed by atoms with E-state index in [2.05, 4.69) is 66.9 Å². The molecule has 1 aliphatic carbocycles. The Balaban J connectivity index is 1.39. The van der Waals surface area contributed by atoms with Crippen LogP contribution in [0.2, 0.25) is 0 Å². The van der Waals surface area contributed by atoms with Crippen molar-refractivity contribution >= 4 is 5.91 Å². The van der Waals surface area contributed by atoms with Crippen molar-refractivity contribution in [2.24, 2.45) is 11.8 Å². The van der Waals surface area contributed by atoms with Gasteiger partial charge in [-0.05, 0) is 61.6 Å². The van der Waals surface area contributed by atoms with Crippen molar-refractivity contribution in [1.29, 1.82) is 0 Å². The lowest BCUT2D eigenvalue weighted by Crippen LogP contribution is -2.40. The van der Waals surface area contributed by atoms with Gasteiger partial charge in [-0.15, -0.1) is 0 Å². The maximum absolute atomic E-state index is 12.3. The standard InChI is InChI=1S/C24H33N3O2/c1-24(2,3)19-6-4-16(5-7-19)22-14-21(27-29-22)12-18-15-25-11-10-17(18)13-23(28)26-20-8-9-20/h4-7,14,17-18,20,25H,8-13,15H2,1-3H3,(H,26,28). The Hall–Kier alpha value is -2.14. The molecule has 2 aromatic rings. The average molecular weight is 396 g/mol. The Morgan fingerprint density at radius 3 is 2.62 bits per heavy atom. The smallest absolute Gasteiger partial charge is 0.220 e. The van der Waals surface area contributed by atoms with E-state index in [-0.39, 0.29) is 11.3 Å². The molecule has 2 aliphatic rings. The molecule has 0 radical (unpaired) electrons. The van der Waals surface area contributed by atoms with Gasteiger partial charge in [0.2, 0.25) is 5.91 Å². The number of benzene rings is 1. The molecule has 0 spiro atoms. The number of hydrogen-bond acceptors (Lipinski definition) is 4. The third-order valence-corrected chi connectivity index (χ3v) is 6.22. The van der Waals surface area contributed by atoms with E-state index >= 15 is 0 Å². The molecule has 2 heterocycles. The summed E-state index contributed by atoms with van der Waals surface area (Å²) < 4.78 is 5.65. The molecule has 5 heteroatoms. The number of carbonyl (C=O) groups excluding carboxylic acids is 1. The zero-order valence-electron chi connectivity index (χ0n) is 17.8. The first-order valence-electron chi connectivity index (χ1n) is 10.9. The molecule has 4 rings (SSSR count). The largest absolute Gasteiger partial charge is 0.356 e. The van der Waals surface area contributed by atoms with Gasteiger partial charge in [-0.25, -0.2) is 0 Å². The first-order chi connectivity index (χ1) is 13.9. The second kappa shape index (κ2) is 8.31. The van der Waals surface area contributed by atoms with Crippen LogP contribution in [-0.2, 0) is 16.6 Å². The van der Waals surface area contributed by atoms with E-state index in [9.17, 15) is 4.79 Å². The van der Waals surface area contributed by atoms with Gasteiger partial charge in [0, 0.05) is 24.1 Å². The van der Waals surface area contributed by atoms with Crippen molar-refractivity contribution in [2.75, 3.05) is 13.1 Å².